The average molecular weight is 396 g/mol. The van der Waals surface area contributed by atoms with Crippen molar-refractivity contribution in [3.63, 3.8) is 0 Å². The average Bonchev–Trinajstić information content (AvgIpc) is 2.58. The molecule has 0 atom stereocenters. The van der Waals surface area contributed by atoms with E-state index in [-0.39, 0.29) is 6.61 Å². The third-order valence-electron chi connectivity index (χ3n) is 3.51. The van der Waals surface area contributed by atoms with Crippen LogP contribution in [0.1, 0.15) is 17.3 Å². The fraction of sp³-hybridized carbons (Fsp3) is 0.111. The van der Waals surface area contributed by atoms with Crippen LogP contribution in [0.25, 0.3) is 10.9 Å². The number of anilines is 2. The predicted molar refractivity (Wildman–Crippen MR) is 102 cm³/mol. The topological polar surface area (TPSA) is 51.2 Å². The molecule has 2 aromatic carbocycles. The molecular formula is C18H13Cl3N2O2. The molecule has 0 saturated heterocycles. The number of rotatable bonds is 4. The molecule has 0 amide bonds. The van der Waals surface area contributed by atoms with Gasteiger partial charge in [0, 0.05) is 22.3 Å². The van der Waals surface area contributed by atoms with Gasteiger partial charge in [-0.15, -0.1) is 0 Å². The Hall–Kier alpha value is -2.01. The molecule has 7 heteroatoms. The first-order chi connectivity index (χ1) is 12.0. The number of ether oxygens (including phenoxy) is 1. The molecule has 0 radical (unpaired) electrons. The zero-order valence-corrected chi connectivity index (χ0v) is 15.4. The smallest absolute Gasteiger partial charge is 0.341 e. The molecule has 4 nitrogen and oxygen atoms in total. The van der Waals surface area contributed by atoms with Crippen LogP contribution >= 0.6 is 34.8 Å². The van der Waals surface area contributed by atoms with Gasteiger partial charge in [0.15, 0.2) is 0 Å². The molecule has 0 aliphatic carbocycles. The molecule has 0 aliphatic heterocycles. The van der Waals surface area contributed by atoms with Crippen LogP contribution in [0.15, 0.2) is 42.6 Å². The first-order valence-electron chi connectivity index (χ1n) is 7.47. The van der Waals surface area contributed by atoms with E-state index in [2.05, 4.69) is 10.3 Å². The number of carbonyl (C=O) groups is 1. The fourth-order valence-electron chi connectivity index (χ4n) is 2.38. The van der Waals surface area contributed by atoms with Crippen molar-refractivity contribution in [1.29, 1.82) is 0 Å². The molecule has 0 saturated carbocycles. The highest BCUT2D eigenvalue weighted by molar-refractivity contribution is 6.42. The number of hydrogen-bond donors (Lipinski definition) is 1. The Labute approximate surface area is 159 Å². The number of pyridine rings is 1. The predicted octanol–water partition coefficient (Wildman–Crippen LogP) is 6.12. The standard InChI is InChI=1S/C18H13Cl3N2O2/c1-2-25-18(24)13-9-22-16-6-3-10(19)7-12(16)17(13)23-11-4-5-14(20)15(21)8-11/h3-9H,2H2,1H3,(H,22,23). The third kappa shape index (κ3) is 3.82. The number of aromatic nitrogens is 1. The molecule has 0 aliphatic rings. The number of halogens is 3. The van der Waals surface area contributed by atoms with E-state index >= 15 is 0 Å². The van der Waals surface area contributed by atoms with Gasteiger partial charge in [-0.25, -0.2) is 4.79 Å². The van der Waals surface area contributed by atoms with E-state index in [0.717, 1.165) is 0 Å². The van der Waals surface area contributed by atoms with Gasteiger partial charge in [-0.3, -0.25) is 4.98 Å². The molecule has 0 unspecified atom stereocenters. The Morgan fingerprint density at radius 3 is 2.64 bits per heavy atom. The minimum Gasteiger partial charge on any atom is -0.462 e. The molecule has 3 aromatic rings. The summed E-state index contributed by atoms with van der Waals surface area (Å²) in [4.78, 5) is 16.6. The summed E-state index contributed by atoms with van der Waals surface area (Å²) in [6.45, 7) is 2.01. The zero-order valence-electron chi connectivity index (χ0n) is 13.1. The van der Waals surface area contributed by atoms with Crippen molar-refractivity contribution in [1.82, 2.24) is 4.98 Å². The highest BCUT2D eigenvalue weighted by atomic mass is 35.5. The summed E-state index contributed by atoms with van der Waals surface area (Å²) in [7, 11) is 0. The lowest BCUT2D eigenvalue weighted by molar-refractivity contribution is 0.0527. The van der Waals surface area contributed by atoms with Crippen molar-refractivity contribution < 1.29 is 9.53 Å². The van der Waals surface area contributed by atoms with Crippen molar-refractivity contribution in [2.75, 3.05) is 11.9 Å². The largest absolute Gasteiger partial charge is 0.462 e. The van der Waals surface area contributed by atoms with Gasteiger partial charge in [-0.1, -0.05) is 34.8 Å². The maximum Gasteiger partial charge on any atom is 0.341 e. The molecular weight excluding hydrogens is 383 g/mol. The van der Waals surface area contributed by atoms with Gasteiger partial charge >= 0.3 is 5.97 Å². The van der Waals surface area contributed by atoms with Gasteiger partial charge in [0.25, 0.3) is 0 Å². The number of esters is 1. The Morgan fingerprint density at radius 2 is 1.92 bits per heavy atom. The van der Waals surface area contributed by atoms with E-state index in [9.17, 15) is 4.79 Å². The van der Waals surface area contributed by atoms with Gasteiger partial charge in [-0.2, -0.15) is 0 Å². The van der Waals surface area contributed by atoms with Crippen LogP contribution in [-0.2, 0) is 4.74 Å². The van der Waals surface area contributed by atoms with Gasteiger partial charge in [0.2, 0.25) is 0 Å². The second kappa shape index (κ2) is 7.48. The van der Waals surface area contributed by atoms with Gasteiger partial charge in [0.1, 0.15) is 5.56 Å². The van der Waals surface area contributed by atoms with E-state index < -0.39 is 5.97 Å². The Kier molecular flexibility index (Phi) is 5.33. The highest BCUT2D eigenvalue weighted by Gasteiger charge is 2.17. The van der Waals surface area contributed by atoms with E-state index in [1.807, 2.05) is 0 Å². The third-order valence-corrected chi connectivity index (χ3v) is 4.49. The van der Waals surface area contributed by atoms with Crippen LogP contribution in [0.3, 0.4) is 0 Å². The number of hydrogen-bond acceptors (Lipinski definition) is 4. The van der Waals surface area contributed by atoms with Gasteiger partial charge < -0.3 is 10.1 Å². The van der Waals surface area contributed by atoms with Crippen molar-refractivity contribution in [3.8, 4) is 0 Å². The highest BCUT2D eigenvalue weighted by Crippen LogP contribution is 2.33. The van der Waals surface area contributed by atoms with Crippen LogP contribution in [0.5, 0.6) is 0 Å². The summed E-state index contributed by atoms with van der Waals surface area (Å²) in [5.41, 5.74) is 2.22. The maximum absolute atomic E-state index is 12.3. The normalized spacial score (nSPS) is 10.7. The van der Waals surface area contributed by atoms with Crippen molar-refractivity contribution >= 4 is 63.0 Å². The van der Waals surface area contributed by atoms with Crippen molar-refractivity contribution in [3.05, 3.63) is 63.2 Å². The molecule has 128 valence electrons. The summed E-state index contributed by atoms with van der Waals surface area (Å²) in [6, 6.07) is 10.4. The van der Waals surface area contributed by atoms with E-state index in [4.69, 9.17) is 39.5 Å². The van der Waals surface area contributed by atoms with Crippen LogP contribution in [0, 0.1) is 0 Å². The van der Waals surface area contributed by atoms with Gasteiger partial charge in [-0.05, 0) is 43.3 Å². The first kappa shape index (κ1) is 17.8. The van der Waals surface area contributed by atoms with E-state index in [1.54, 1.807) is 43.3 Å². The molecule has 25 heavy (non-hydrogen) atoms. The summed E-state index contributed by atoms with van der Waals surface area (Å²) in [5, 5.41) is 5.29. The quantitative estimate of drug-likeness (QED) is 0.541. The second-order valence-electron chi connectivity index (χ2n) is 5.18. The molecule has 1 aromatic heterocycles. The SMILES string of the molecule is CCOC(=O)c1cnc2ccc(Cl)cc2c1Nc1ccc(Cl)c(Cl)c1. The lowest BCUT2D eigenvalue weighted by atomic mass is 10.1. The van der Waals surface area contributed by atoms with Gasteiger partial charge in [0.05, 0.1) is 27.9 Å². The lowest BCUT2D eigenvalue weighted by Crippen LogP contribution is -2.09. The number of benzene rings is 2. The van der Waals surface area contributed by atoms with Crippen LogP contribution in [0.4, 0.5) is 11.4 Å². The first-order valence-corrected chi connectivity index (χ1v) is 8.60. The Morgan fingerprint density at radius 1 is 1.12 bits per heavy atom. The number of nitrogens with zero attached hydrogens (tertiary/aromatic N) is 1. The Balaban J connectivity index is 2.17. The van der Waals surface area contributed by atoms with Crippen molar-refractivity contribution in [2.45, 2.75) is 6.92 Å². The number of nitrogens with one attached hydrogen (secondary N) is 1. The van der Waals surface area contributed by atoms with Crippen molar-refractivity contribution in [2.24, 2.45) is 0 Å². The molecule has 0 fully saturated rings. The zero-order chi connectivity index (χ0) is 18.0. The molecule has 0 spiro atoms. The van der Waals surface area contributed by atoms with Crippen LogP contribution in [-0.4, -0.2) is 17.6 Å². The van der Waals surface area contributed by atoms with E-state index in [1.165, 1.54) is 6.20 Å². The number of carbonyl (C=O) groups excluding carboxylic acids is 1. The monoisotopic (exact) mass is 394 g/mol. The lowest BCUT2D eigenvalue weighted by Gasteiger charge is -2.15. The second-order valence-corrected chi connectivity index (χ2v) is 6.43. The molecule has 1 N–H and O–H groups in total. The molecule has 0 bridgehead atoms. The minimum atomic E-state index is -0.473. The number of fused-ring (bicyclic) bond motifs is 1. The maximum atomic E-state index is 12.3. The molecule has 1 heterocycles. The summed E-state index contributed by atoms with van der Waals surface area (Å²) in [5.74, 6) is -0.473. The summed E-state index contributed by atoms with van der Waals surface area (Å²) >= 11 is 18.2. The van der Waals surface area contributed by atoms with Crippen LogP contribution < -0.4 is 5.32 Å². The fourth-order valence-corrected chi connectivity index (χ4v) is 2.85. The van der Waals surface area contributed by atoms with Crippen LogP contribution in [0.2, 0.25) is 15.1 Å². The molecule has 3 rings (SSSR count). The summed E-state index contributed by atoms with van der Waals surface area (Å²) < 4.78 is 5.13. The summed E-state index contributed by atoms with van der Waals surface area (Å²) in [6.07, 6.45) is 1.48. The van der Waals surface area contributed by atoms with E-state index in [0.29, 0.717) is 42.9 Å². The Bertz CT molecular complexity index is 960. The minimum absolute atomic E-state index is 0.263.